The Bertz CT molecular complexity index is 1560. The van der Waals surface area contributed by atoms with Crippen molar-refractivity contribution < 1.29 is 14.3 Å². The minimum Gasteiger partial charge on any atom is -0.486 e. The van der Waals surface area contributed by atoms with Crippen molar-refractivity contribution in [3.63, 3.8) is 0 Å². The Morgan fingerprint density at radius 2 is 1.92 bits per heavy atom. The van der Waals surface area contributed by atoms with Crippen LogP contribution < -0.4 is 4.74 Å². The number of ether oxygens (including phenoxy) is 1. The van der Waals surface area contributed by atoms with E-state index in [-0.39, 0.29) is 11.7 Å². The molecule has 4 aromatic rings. The van der Waals surface area contributed by atoms with Crippen molar-refractivity contribution in [2.45, 2.75) is 63.5 Å². The number of fused-ring (bicyclic) bond motifs is 2. The Kier molecular flexibility index (Phi) is 5.18. The van der Waals surface area contributed by atoms with Crippen LogP contribution in [0.25, 0.3) is 22.3 Å². The van der Waals surface area contributed by atoms with Crippen LogP contribution in [0, 0.1) is 0 Å². The molecule has 38 heavy (non-hydrogen) atoms. The van der Waals surface area contributed by atoms with E-state index in [1.54, 1.807) is 0 Å². The van der Waals surface area contributed by atoms with E-state index < -0.39 is 5.60 Å². The van der Waals surface area contributed by atoms with Crippen molar-refractivity contribution in [3.8, 4) is 17.1 Å². The van der Waals surface area contributed by atoms with Gasteiger partial charge in [-0.1, -0.05) is 19.9 Å². The smallest absolute Gasteiger partial charge is 0.253 e. The van der Waals surface area contributed by atoms with Crippen LogP contribution in [0.5, 0.6) is 5.75 Å². The second-order valence-corrected chi connectivity index (χ2v) is 11.2. The molecule has 2 aromatic heterocycles. The van der Waals surface area contributed by atoms with Crippen molar-refractivity contribution in [1.29, 1.82) is 0 Å². The van der Waals surface area contributed by atoms with Gasteiger partial charge in [-0.05, 0) is 59.9 Å². The first-order chi connectivity index (χ1) is 18.4. The molecule has 1 aliphatic carbocycles. The van der Waals surface area contributed by atoms with Gasteiger partial charge in [-0.15, -0.1) is 10.2 Å². The van der Waals surface area contributed by atoms with Crippen molar-refractivity contribution in [3.05, 3.63) is 59.3 Å². The van der Waals surface area contributed by atoms with Crippen LogP contribution in [0.3, 0.4) is 0 Å². The van der Waals surface area contributed by atoms with Crippen LogP contribution in [0.4, 0.5) is 0 Å². The number of amides is 1. The summed E-state index contributed by atoms with van der Waals surface area (Å²) >= 11 is 0. The third kappa shape index (κ3) is 3.79. The Labute approximate surface area is 220 Å². The summed E-state index contributed by atoms with van der Waals surface area (Å²) in [6, 6.07) is 12.4. The number of likely N-dealkylation sites (tertiary alicyclic amines) is 1. The van der Waals surface area contributed by atoms with E-state index >= 15 is 0 Å². The summed E-state index contributed by atoms with van der Waals surface area (Å²) in [5.41, 5.74) is 3.70. The molecule has 1 spiro atoms. The van der Waals surface area contributed by atoms with Gasteiger partial charge in [-0.25, -0.2) is 0 Å². The number of ketones is 1. The highest BCUT2D eigenvalue weighted by Gasteiger charge is 2.44. The monoisotopic (exact) mass is 510 g/mol. The second-order valence-electron chi connectivity index (χ2n) is 11.2. The number of rotatable bonds is 4. The van der Waals surface area contributed by atoms with Crippen LogP contribution in [0.2, 0.25) is 0 Å². The summed E-state index contributed by atoms with van der Waals surface area (Å²) in [6.45, 7) is 5.31. The molecular formula is C29H30N6O3. The van der Waals surface area contributed by atoms with Crippen molar-refractivity contribution in [2.24, 2.45) is 0 Å². The van der Waals surface area contributed by atoms with Gasteiger partial charge >= 0.3 is 0 Å². The molecule has 9 heteroatoms. The highest BCUT2D eigenvalue weighted by Crippen LogP contribution is 2.42. The topological polar surface area (TPSA) is 106 Å². The maximum atomic E-state index is 13.8. The van der Waals surface area contributed by atoms with Crippen LogP contribution in [-0.2, 0) is 0 Å². The van der Waals surface area contributed by atoms with Gasteiger partial charge in [0.15, 0.2) is 5.78 Å². The molecule has 1 saturated carbocycles. The van der Waals surface area contributed by atoms with Crippen LogP contribution >= 0.6 is 0 Å². The highest BCUT2D eigenvalue weighted by atomic mass is 16.5. The molecule has 2 aromatic carbocycles. The predicted molar refractivity (Wildman–Crippen MR) is 141 cm³/mol. The van der Waals surface area contributed by atoms with Gasteiger partial charge in [-0.2, -0.15) is 5.21 Å². The summed E-state index contributed by atoms with van der Waals surface area (Å²) in [5.74, 6) is 1.60. The number of Topliss-reactive ketones (excluding diaryl/α,β-unsaturated/α-hetero) is 1. The maximum Gasteiger partial charge on any atom is 0.253 e. The van der Waals surface area contributed by atoms with Gasteiger partial charge in [0.1, 0.15) is 11.4 Å². The normalized spacial score (nSPS) is 18.7. The second kappa shape index (κ2) is 8.51. The molecule has 1 amide bonds. The third-order valence-electron chi connectivity index (χ3n) is 8.35. The number of piperidine rings is 1. The number of aromatic nitrogens is 5. The zero-order valence-corrected chi connectivity index (χ0v) is 21.6. The molecule has 0 unspecified atom stereocenters. The first-order valence-electron chi connectivity index (χ1n) is 13.4. The van der Waals surface area contributed by atoms with E-state index in [1.165, 1.54) is 0 Å². The maximum absolute atomic E-state index is 13.8. The molecule has 1 saturated heterocycles. The number of hydrogen-bond acceptors (Lipinski definition) is 6. The van der Waals surface area contributed by atoms with Gasteiger partial charge < -0.3 is 14.2 Å². The van der Waals surface area contributed by atoms with Gasteiger partial charge in [-0.3, -0.25) is 9.59 Å². The predicted octanol–water partition coefficient (Wildman–Crippen LogP) is 4.92. The number of benzene rings is 2. The van der Waals surface area contributed by atoms with E-state index in [0.29, 0.717) is 67.0 Å². The van der Waals surface area contributed by atoms with Crippen LogP contribution in [0.15, 0.2) is 42.6 Å². The van der Waals surface area contributed by atoms with Crippen molar-refractivity contribution in [2.75, 3.05) is 13.1 Å². The summed E-state index contributed by atoms with van der Waals surface area (Å²) in [5, 5.41) is 15.6. The number of nitrogens with zero attached hydrogens (tertiary/aromatic N) is 5. The number of H-pyrrole nitrogens is 1. The number of tetrazole rings is 1. The molecule has 3 aliphatic rings. The highest BCUT2D eigenvalue weighted by molar-refractivity contribution is 6.03. The fourth-order valence-corrected chi connectivity index (χ4v) is 5.97. The van der Waals surface area contributed by atoms with Crippen molar-refractivity contribution in [1.82, 2.24) is 30.1 Å². The van der Waals surface area contributed by atoms with Crippen LogP contribution in [-0.4, -0.2) is 60.5 Å². The summed E-state index contributed by atoms with van der Waals surface area (Å²) in [6.07, 6.45) is 5.97. The van der Waals surface area contributed by atoms with E-state index in [2.05, 4.69) is 51.3 Å². The van der Waals surface area contributed by atoms with Gasteiger partial charge in [0, 0.05) is 60.2 Å². The first kappa shape index (κ1) is 23.1. The molecule has 194 valence electrons. The molecule has 2 fully saturated rings. The lowest BCUT2D eigenvalue weighted by atomic mass is 9.81. The summed E-state index contributed by atoms with van der Waals surface area (Å²) < 4.78 is 8.73. The Hall–Kier alpha value is -4.01. The SMILES string of the molecule is CC(C)c1ccc2c(c1)C(=O)CC1(CCN(C(=O)c3cc(-c4nn[nH]n4)c4ccn(C5CC5)c4c3)CC1)O2. The minimum atomic E-state index is -0.555. The van der Waals surface area contributed by atoms with Crippen molar-refractivity contribution >= 4 is 22.6 Å². The molecule has 0 atom stereocenters. The molecule has 0 radical (unpaired) electrons. The fraction of sp³-hybridized carbons (Fsp3) is 0.414. The molecular weight excluding hydrogens is 480 g/mol. The standard InChI is InChI=1S/C29H30N6O3/c1-17(2)18-3-6-26-23(13-18)25(36)16-29(38-26)8-11-34(12-9-29)28(37)19-14-22(27-30-32-33-31-27)21-7-10-35(20-4-5-20)24(21)15-19/h3,6-7,10,13-15,17,20H,4-5,8-9,11-12,16H2,1-2H3,(H,30,31,32,33). The molecule has 1 N–H and O–H groups in total. The fourth-order valence-electron chi connectivity index (χ4n) is 5.97. The third-order valence-corrected chi connectivity index (χ3v) is 8.35. The lowest BCUT2D eigenvalue weighted by Crippen LogP contribution is -2.52. The molecule has 4 heterocycles. The lowest BCUT2D eigenvalue weighted by Gasteiger charge is -2.44. The van der Waals surface area contributed by atoms with E-state index in [1.807, 2.05) is 35.2 Å². The molecule has 7 rings (SSSR count). The lowest BCUT2D eigenvalue weighted by molar-refractivity contribution is -0.00572. The molecule has 2 aliphatic heterocycles. The van der Waals surface area contributed by atoms with E-state index in [0.717, 1.165) is 34.9 Å². The Morgan fingerprint density at radius 3 is 2.63 bits per heavy atom. The zero-order chi connectivity index (χ0) is 26.0. The Balaban J connectivity index is 1.14. The first-order valence-corrected chi connectivity index (χ1v) is 13.4. The molecule has 0 bridgehead atoms. The van der Waals surface area contributed by atoms with Crippen LogP contribution in [0.1, 0.15) is 84.2 Å². The minimum absolute atomic E-state index is 0.0286. The zero-order valence-electron chi connectivity index (χ0n) is 21.6. The summed E-state index contributed by atoms with van der Waals surface area (Å²) in [7, 11) is 0. The van der Waals surface area contributed by atoms with E-state index in [4.69, 9.17) is 4.74 Å². The number of hydrogen-bond donors (Lipinski definition) is 1. The largest absolute Gasteiger partial charge is 0.486 e. The number of aromatic amines is 1. The Morgan fingerprint density at radius 1 is 1.11 bits per heavy atom. The average molecular weight is 511 g/mol. The van der Waals surface area contributed by atoms with Gasteiger partial charge in [0.2, 0.25) is 5.82 Å². The summed E-state index contributed by atoms with van der Waals surface area (Å²) in [4.78, 5) is 28.8. The average Bonchev–Trinajstić information content (AvgIpc) is 3.43. The van der Waals surface area contributed by atoms with Gasteiger partial charge in [0.05, 0.1) is 12.0 Å². The number of nitrogens with one attached hydrogen (secondary N) is 1. The number of carbonyl (C=O) groups excluding carboxylic acids is 2. The molecule has 9 nitrogen and oxygen atoms in total. The quantitative estimate of drug-likeness (QED) is 0.418. The number of carbonyl (C=O) groups is 2. The van der Waals surface area contributed by atoms with E-state index in [9.17, 15) is 9.59 Å². The van der Waals surface area contributed by atoms with Gasteiger partial charge in [0.25, 0.3) is 5.91 Å².